The number of phenols is 1. The molecule has 0 saturated heterocycles. The van der Waals surface area contributed by atoms with Gasteiger partial charge in [-0.2, -0.15) is 5.10 Å². The maximum absolute atomic E-state index is 9.25. The number of aromatic nitrogens is 2. The monoisotopic (exact) mass is 189 g/mol. The van der Waals surface area contributed by atoms with Crippen molar-refractivity contribution in [1.82, 2.24) is 10.2 Å². The Bertz CT molecular complexity index is 436. The summed E-state index contributed by atoms with van der Waals surface area (Å²) in [4.78, 5) is 0. The first-order valence-electron chi connectivity index (χ1n) is 4.32. The van der Waals surface area contributed by atoms with E-state index < -0.39 is 0 Å². The third kappa shape index (κ3) is 1.69. The molecule has 0 aliphatic heterocycles. The van der Waals surface area contributed by atoms with Crippen molar-refractivity contribution in [2.45, 2.75) is 6.92 Å². The lowest BCUT2D eigenvalue weighted by atomic mass is 10.3. The van der Waals surface area contributed by atoms with Gasteiger partial charge < -0.3 is 10.4 Å². The van der Waals surface area contributed by atoms with Gasteiger partial charge in [0.2, 0.25) is 0 Å². The van der Waals surface area contributed by atoms with Crippen molar-refractivity contribution in [2.24, 2.45) is 0 Å². The van der Waals surface area contributed by atoms with Crippen LogP contribution in [0.1, 0.15) is 5.69 Å². The molecule has 1 aromatic carbocycles. The summed E-state index contributed by atoms with van der Waals surface area (Å²) in [6, 6.07) is 6.96. The van der Waals surface area contributed by atoms with Crippen LogP contribution >= 0.6 is 0 Å². The Labute approximate surface area is 81.6 Å². The lowest BCUT2D eigenvalue weighted by molar-refractivity contribution is 0.475. The van der Waals surface area contributed by atoms with Crippen LogP contribution in [0.2, 0.25) is 0 Å². The fraction of sp³-hybridized carbons (Fsp3) is 0.100. The first kappa shape index (κ1) is 8.62. The molecule has 1 aromatic heterocycles. The van der Waals surface area contributed by atoms with Gasteiger partial charge in [0, 0.05) is 11.8 Å². The Balaban J connectivity index is 2.23. The Morgan fingerprint density at radius 1 is 1.43 bits per heavy atom. The minimum Gasteiger partial charge on any atom is -0.508 e. The standard InChI is InChI=1S/C10H11N3O/c1-7-10(6-11-13-7)12-8-3-2-4-9(14)5-8/h2-6,12,14H,1H3,(H,11,13). The molecular formula is C10H11N3O. The number of nitrogens with zero attached hydrogens (tertiary/aromatic N) is 1. The molecule has 0 unspecified atom stereocenters. The van der Waals surface area contributed by atoms with Gasteiger partial charge in [-0.1, -0.05) is 6.07 Å². The molecule has 0 aliphatic carbocycles. The first-order valence-corrected chi connectivity index (χ1v) is 4.32. The summed E-state index contributed by atoms with van der Waals surface area (Å²) in [5, 5.41) is 19.1. The van der Waals surface area contributed by atoms with Crippen molar-refractivity contribution in [1.29, 1.82) is 0 Å². The van der Waals surface area contributed by atoms with Gasteiger partial charge in [-0.25, -0.2) is 0 Å². The van der Waals surface area contributed by atoms with Gasteiger partial charge in [0.1, 0.15) is 5.75 Å². The quantitative estimate of drug-likeness (QED) is 0.678. The fourth-order valence-corrected chi connectivity index (χ4v) is 1.22. The van der Waals surface area contributed by atoms with Crippen LogP contribution in [-0.2, 0) is 0 Å². The second-order valence-corrected chi connectivity index (χ2v) is 3.08. The Morgan fingerprint density at radius 2 is 2.29 bits per heavy atom. The molecule has 0 saturated carbocycles. The van der Waals surface area contributed by atoms with Crippen molar-refractivity contribution in [2.75, 3.05) is 5.32 Å². The van der Waals surface area contributed by atoms with Crippen LogP contribution in [0.25, 0.3) is 0 Å². The number of benzene rings is 1. The van der Waals surface area contributed by atoms with E-state index in [1.165, 1.54) is 0 Å². The minimum atomic E-state index is 0.246. The van der Waals surface area contributed by atoms with Crippen molar-refractivity contribution >= 4 is 11.4 Å². The number of rotatable bonds is 2. The summed E-state index contributed by atoms with van der Waals surface area (Å²) >= 11 is 0. The smallest absolute Gasteiger partial charge is 0.117 e. The van der Waals surface area contributed by atoms with Gasteiger partial charge in [-0.15, -0.1) is 0 Å². The van der Waals surface area contributed by atoms with Crippen molar-refractivity contribution in [3.8, 4) is 5.75 Å². The number of phenolic OH excluding ortho intramolecular Hbond substituents is 1. The van der Waals surface area contributed by atoms with E-state index >= 15 is 0 Å². The first-order chi connectivity index (χ1) is 6.75. The molecule has 0 fully saturated rings. The zero-order chi connectivity index (χ0) is 9.97. The SMILES string of the molecule is Cc1[nH]ncc1Nc1cccc(O)c1. The predicted octanol–water partition coefficient (Wildman–Crippen LogP) is 2.17. The average molecular weight is 189 g/mol. The van der Waals surface area contributed by atoms with Crippen LogP contribution in [-0.4, -0.2) is 15.3 Å². The lowest BCUT2D eigenvalue weighted by Gasteiger charge is -2.04. The van der Waals surface area contributed by atoms with Gasteiger partial charge in [-0.3, -0.25) is 5.10 Å². The van der Waals surface area contributed by atoms with Crippen LogP contribution in [0.3, 0.4) is 0 Å². The highest BCUT2D eigenvalue weighted by atomic mass is 16.3. The maximum atomic E-state index is 9.25. The molecule has 3 N–H and O–H groups in total. The number of hydrogen-bond acceptors (Lipinski definition) is 3. The average Bonchev–Trinajstić information content (AvgIpc) is 2.52. The molecule has 2 rings (SSSR count). The number of hydrogen-bond donors (Lipinski definition) is 3. The molecular weight excluding hydrogens is 178 g/mol. The largest absolute Gasteiger partial charge is 0.508 e. The van der Waals surface area contributed by atoms with Gasteiger partial charge in [-0.05, 0) is 19.1 Å². The fourth-order valence-electron chi connectivity index (χ4n) is 1.22. The predicted molar refractivity (Wildman–Crippen MR) is 54.7 cm³/mol. The molecule has 4 heteroatoms. The molecule has 1 heterocycles. The summed E-state index contributed by atoms with van der Waals surface area (Å²) in [5.41, 5.74) is 2.72. The molecule has 4 nitrogen and oxygen atoms in total. The van der Waals surface area contributed by atoms with Crippen LogP contribution in [0, 0.1) is 6.92 Å². The second kappa shape index (κ2) is 3.41. The summed E-state index contributed by atoms with van der Waals surface area (Å²) < 4.78 is 0. The minimum absolute atomic E-state index is 0.246. The van der Waals surface area contributed by atoms with Gasteiger partial charge in [0.05, 0.1) is 17.6 Å². The van der Waals surface area contributed by atoms with Gasteiger partial charge in [0.15, 0.2) is 0 Å². The van der Waals surface area contributed by atoms with Gasteiger partial charge >= 0.3 is 0 Å². The van der Waals surface area contributed by atoms with E-state index in [1.807, 2.05) is 13.0 Å². The summed E-state index contributed by atoms with van der Waals surface area (Å²) in [6.45, 7) is 1.93. The number of aryl methyl sites for hydroxylation is 1. The second-order valence-electron chi connectivity index (χ2n) is 3.08. The number of anilines is 2. The molecule has 0 aliphatic rings. The maximum Gasteiger partial charge on any atom is 0.117 e. The molecule has 72 valence electrons. The van der Waals surface area contributed by atoms with Crippen LogP contribution in [0.5, 0.6) is 5.75 Å². The van der Waals surface area contributed by atoms with E-state index in [9.17, 15) is 5.11 Å². The highest BCUT2D eigenvalue weighted by Gasteiger charge is 2.00. The number of nitrogens with one attached hydrogen (secondary N) is 2. The molecule has 0 atom stereocenters. The molecule has 0 spiro atoms. The van der Waals surface area contributed by atoms with E-state index in [4.69, 9.17) is 0 Å². The Kier molecular flexibility index (Phi) is 2.10. The van der Waals surface area contributed by atoms with Gasteiger partial charge in [0.25, 0.3) is 0 Å². The van der Waals surface area contributed by atoms with Crippen LogP contribution in [0.15, 0.2) is 30.5 Å². The number of H-pyrrole nitrogens is 1. The topological polar surface area (TPSA) is 60.9 Å². The van der Waals surface area contributed by atoms with E-state index in [1.54, 1.807) is 24.4 Å². The van der Waals surface area contributed by atoms with Crippen molar-refractivity contribution < 1.29 is 5.11 Å². The molecule has 2 aromatic rings. The Hall–Kier alpha value is -1.97. The zero-order valence-corrected chi connectivity index (χ0v) is 7.78. The van der Waals surface area contributed by atoms with E-state index in [0.29, 0.717) is 0 Å². The third-order valence-corrected chi connectivity index (χ3v) is 1.96. The Morgan fingerprint density at radius 3 is 2.93 bits per heavy atom. The normalized spacial score (nSPS) is 10.1. The zero-order valence-electron chi connectivity index (χ0n) is 7.78. The summed E-state index contributed by atoms with van der Waals surface area (Å²) in [7, 11) is 0. The van der Waals surface area contributed by atoms with Crippen molar-refractivity contribution in [3.63, 3.8) is 0 Å². The van der Waals surface area contributed by atoms with E-state index in [0.717, 1.165) is 17.1 Å². The van der Waals surface area contributed by atoms with Crippen LogP contribution < -0.4 is 5.32 Å². The third-order valence-electron chi connectivity index (χ3n) is 1.96. The summed E-state index contributed by atoms with van der Waals surface area (Å²) in [5.74, 6) is 0.246. The number of aromatic hydroxyl groups is 1. The molecule has 14 heavy (non-hydrogen) atoms. The highest BCUT2D eigenvalue weighted by Crippen LogP contribution is 2.21. The molecule has 0 amide bonds. The van der Waals surface area contributed by atoms with Crippen molar-refractivity contribution in [3.05, 3.63) is 36.2 Å². The number of aromatic amines is 1. The van der Waals surface area contributed by atoms with E-state index in [2.05, 4.69) is 15.5 Å². The summed E-state index contributed by atoms with van der Waals surface area (Å²) in [6.07, 6.45) is 1.71. The highest BCUT2D eigenvalue weighted by molar-refractivity contribution is 5.61. The lowest BCUT2D eigenvalue weighted by Crippen LogP contribution is -1.89. The molecule has 0 radical (unpaired) electrons. The van der Waals surface area contributed by atoms with Crippen LogP contribution in [0.4, 0.5) is 11.4 Å². The van der Waals surface area contributed by atoms with E-state index in [-0.39, 0.29) is 5.75 Å². The molecule has 0 bridgehead atoms.